The molecule has 34 heavy (non-hydrogen) atoms. The highest BCUT2D eigenvalue weighted by Gasteiger charge is 2.40. The molecule has 10 nitrogen and oxygen atoms in total. The maximum Gasteiger partial charge on any atom is 0.249 e. The number of aromatic amines is 1. The summed E-state index contributed by atoms with van der Waals surface area (Å²) < 4.78 is 13.1. The van der Waals surface area contributed by atoms with Crippen LogP contribution in [0.15, 0.2) is 24.4 Å². The fourth-order valence-corrected chi connectivity index (χ4v) is 4.45. The van der Waals surface area contributed by atoms with E-state index in [0.29, 0.717) is 42.2 Å². The Morgan fingerprint density at radius 3 is 2.88 bits per heavy atom. The van der Waals surface area contributed by atoms with E-state index >= 15 is 0 Å². The van der Waals surface area contributed by atoms with Crippen molar-refractivity contribution in [3.63, 3.8) is 0 Å². The number of halogens is 1. The van der Waals surface area contributed by atoms with Gasteiger partial charge in [0.2, 0.25) is 17.8 Å². The number of rotatable bonds is 6. The largest absolute Gasteiger partial charge is 0.390 e. The van der Waals surface area contributed by atoms with Crippen LogP contribution in [0.4, 0.5) is 27.7 Å². The van der Waals surface area contributed by atoms with Gasteiger partial charge in [0, 0.05) is 23.9 Å². The van der Waals surface area contributed by atoms with Crippen molar-refractivity contribution in [2.24, 2.45) is 0 Å². The second-order valence-corrected chi connectivity index (χ2v) is 8.99. The number of aryl methyl sites for hydroxylation is 1. The van der Waals surface area contributed by atoms with Crippen LogP contribution in [0.1, 0.15) is 49.6 Å². The van der Waals surface area contributed by atoms with Crippen molar-refractivity contribution in [3.8, 4) is 0 Å². The lowest BCUT2D eigenvalue weighted by Gasteiger charge is -2.26. The number of aliphatic hydroxyl groups is 1. The van der Waals surface area contributed by atoms with Crippen molar-refractivity contribution in [2.75, 3.05) is 22.1 Å². The van der Waals surface area contributed by atoms with Gasteiger partial charge >= 0.3 is 0 Å². The Balaban J connectivity index is 1.43. The summed E-state index contributed by atoms with van der Waals surface area (Å²) in [5.74, 6) is 0.980. The van der Waals surface area contributed by atoms with Crippen LogP contribution in [0.3, 0.4) is 0 Å². The summed E-state index contributed by atoms with van der Waals surface area (Å²) in [7, 11) is 0. The monoisotopic (exact) mass is 466 g/mol. The fourth-order valence-electron chi connectivity index (χ4n) is 4.45. The second kappa shape index (κ2) is 8.98. The number of anilines is 4. The van der Waals surface area contributed by atoms with Gasteiger partial charge in [-0.1, -0.05) is 13.8 Å². The molecule has 5 rings (SSSR count). The number of amides is 1. The first-order valence-corrected chi connectivity index (χ1v) is 11.5. The molecule has 4 N–H and O–H groups in total. The maximum atomic E-state index is 13.1. The first-order chi connectivity index (χ1) is 16.4. The highest BCUT2D eigenvalue weighted by molar-refractivity contribution is 5.97. The summed E-state index contributed by atoms with van der Waals surface area (Å²) in [6.45, 7) is 4.60. The van der Waals surface area contributed by atoms with Crippen molar-refractivity contribution >= 4 is 29.2 Å². The first kappa shape index (κ1) is 22.2. The molecule has 1 saturated heterocycles. The first-order valence-electron chi connectivity index (χ1n) is 11.5. The summed E-state index contributed by atoms with van der Waals surface area (Å²) >= 11 is 0. The number of nitrogens with one attached hydrogen (secondary N) is 3. The Bertz CT molecular complexity index is 1200. The predicted octanol–water partition coefficient (Wildman–Crippen LogP) is 2.67. The van der Waals surface area contributed by atoms with E-state index in [0.717, 1.165) is 36.2 Å². The molecule has 178 valence electrons. The van der Waals surface area contributed by atoms with Gasteiger partial charge in [0.25, 0.3) is 0 Å². The number of aliphatic hydroxyl groups excluding tert-OH is 1. The van der Waals surface area contributed by atoms with E-state index in [-0.39, 0.29) is 0 Å². The number of hydrogen-bond acceptors (Lipinski definition) is 8. The summed E-state index contributed by atoms with van der Waals surface area (Å²) in [6.07, 6.45) is 3.42. The number of carbonyl (C=O) groups is 1. The molecular weight excluding hydrogens is 439 g/mol. The molecule has 0 unspecified atom stereocenters. The zero-order valence-electron chi connectivity index (χ0n) is 19.0. The number of hydrogen-bond donors (Lipinski definition) is 4. The Labute approximate surface area is 196 Å². The van der Waals surface area contributed by atoms with E-state index in [2.05, 4.69) is 39.7 Å². The van der Waals surface area contributed by atoms with Crippen molar-refractivity contribution in [1.29, 1.82) is 0 Å². The van der Waals surface area contributed by atoms with E-state index in [1.807, 2.05) is 6.07 Å². The third-order valence-electron chi connectivity index (χ3n) is 6.27. The lowest BCUT2D eigenvalue weighted by Crippen LogP contribution is -2.46. The molecule has 0 aromatic carbocycles. The minimum Gasteiger partial charge on any atom is -0.390 e. The standard InChI is InChI=1S/C23H27FN8O2/c1-12(2)16-10-19(31-30-16)28-21-14-4-3-5-15(14)27-23(29-21)32-9-8-17(33)20(32)22(34)26-13-6-7-18(24)25-11-13/h6-7,10-12,17,20,33H,3-5,8-9H2,1-2H3,(H,26,34)(H2,27,28,29,30,31)/t17-,20+/m1/s1. The molecule has 0 spiro atoms. The van der Waals surface area contributed by atoms with E-state index < -0.39 is 24.0 Å². The molecule has 0 bridgehead atoms. The predicted molar refractivity (Wildman–Crippen MR) is 125 cm³/mol. The molecule has 11 heteroatoms. The summed E-state index contributed by atoms with van der Waals surface area (Å²) in [6, 6.07) is 3.67. The van der Waals surface area contributed by atoms with Crippen LogP contribution >= 0.6 is 0 Å². The Hall–Kier alpha value is -3.60. The van der Waals surface area contributed by atoms with E-state index in [1.54, 1.807) is 4.90 Å². The van der Waals surface area contributed by atoms with Gasteiger partial charge in [-0.05, 0) is 43.7 Å². The van der Waals surface area contributed by atoms with Crippen LogP contribution < -0.4 is 15.5 Å². The lowest BCUT2D eigenvalue weighted by molar-refractivity contribution is -0.119. The van der Waals surface area contributed by atoms with Crippen LogP contribution in [0, 0.1) is 5.95 Å². The van der Waals surface area contributed by atoms with Crippen LogP contribution in [0.5, 0.6) is 0 Å². The molecule has 3 aromatic heterocycles. The average molecular weight is 467 g/mol. The van der Waals surface area contributed by atoms with Crippen molar-refractivity contribution < 1.29 is 14.3 Å². The molecule has 1 aliphatic carbocycles. The van der Waals surface area contributed by atoms with Crippen molar-refractivity contribution in [1.82, 2.24) is 25.1 Å². The maximum absolute atomic E-state index is 13.1. The van der Waals surface area contributed by atoms with Crippen LogP contribution in [-0.4, -0.2) is 54.9 Å². The topological polar surface area (TPSA) is 132 Å². The highest BCUT2D eigenvalue weighted by Crippen LogP contribution is 2.33. The summed E-state index contributed by atoms with van der Waals surface area (Å²) in [4.78, 5) is 27.8. The van der Waals surface area contributed by atoms with Gasteiger partial charge in [-0.2, -0.15) is 14.5 Å². The molecule has 3 aromatic rings. The van der Waals surface area contributed by atoms with Gasteiger partial charge in [0.15, 0.2) is 5.82 Å². The van der Waals surface area contributed by atoms with Gasteiger partial charge in [0.1, 0.15) is 11.9 Å². The van der Waals surface area contributed by atoms with Gasteiger partial charge in [-0.25, -0.2) is 9.97 Å². The van der Waals surface area contributed by atoms with Gasteiger partial charge < -0.3 is 20.6 Å². The fraction of sp³-hybridized carbons (Fsp3) is 0.435. The number of fused-ring (bicyclic) bond motifs is 1. The molecular formula is C23H27FN8O2. The molecule has 4 heterocycles. The van der Waals surface area contributed by atoms with Crippen molar-refractivity contribution in [2.45, 2.75) is 57.6 Å². The van der Waals surface area contributed by atoms with E-state index in [1.165, 1.54) is 18.3 Å². The molecule has 2 atom stereocenters. The second-order valence-electron chi connectivity index (χ2n) is 8.99. The molecule has 1 aliphatic heterocycles. The summed E-state index contributed by atoms with van der Waals surface area (Å²) in [5.41, 5.74) is 3.36. The number of H-pyrrole nitrogens is 1. The molecule has 1 amide bonds. The normalized spacial score (nSPS) is 19.5. The summed E-state index contributed by atoms with van der Waals surface area (Å²) in [5, 5.41) is 24.0. The van der Waals surface area contributed by atoms with Gasteiger partial charge in [-0.3, -0.25) is 9.89 Å². The highest BCUT2D eigenvalue weighted by atomic mass is 19.1. The minimum absolute atomic E-state index is 0.316. The number of aromatic nitrogens is 5. The van der Waals surface area contributed by atoms with E-state index in [9.17, 15) is 14.3 Å². The number of carbonyl (C=O) groups excluding carboxylic acids is 1. The average Bonchev–Trinajstić information content (AvgIpc) is 3.54. The Morgan fingerprint density at radius 2 is 2.15 bits per heavy atom. The Morgan fingerprint density at radius 1 is 1.29 bits per heavy atom. The van der Waals surface area contributed by atoms with Gasteiger partial charge in [0.05, 0.1) is 23.7 Å². The SMILES string of the molecule is CC(C)c1cc(Nc2nc(N3CC[C@@H](O)[C@H]3C(=O)Nc3ccc(F)nc3)nc3c2CCC3)n[nH]1. The van der Waals surface area contributed by atoms with Crippen LogP contribution in [-0.2, 0) is 17.6 Å². The van der Waals surface area contributed by atoms with Gasteiger partial charge in [-0.15, -0.1) is 0 Å². The third kappa shape index (κ3) is 4.30. The van der Waals surface area contributed by atoms with E-state index in [4.69, 9.17) is 9.97 Å². The zero-order valence-corrected chi connectivity index (χ0v) is 19.0. The molecule has 0 saturated carbocycles. The zero-order chi connectivity index (χ0) is 23.8. The van der Waals surface area contributed by atoms with Crippen molar-refractivity contribution in [3.05, 3.63) is 47.3 Å². The number of pyridine rings is 1. The molecule has 0 radical (unpaired) electrons. The third-order valence-corrected chi connectivity index (χ3v) is 6.27. The smallest absolute Gasteiger partial charge is 0.249 e. The molecule has 2 aliphatic rings. The van der Waals surface area contributed by atoms with Crippen LogP contribution in [0.25, 0.3) is 0 Å². The minimum atomic E-state index is -0.887. The Kier molecular flexibility index (Phi) is 5.86. The molecule has 1 fully saturated rings. The number of nitrogens with zero attached hydrogens (tertiary/aromatic N) is 5. The quantitative estimate of drug-likeness (QED) is 0.408. The van der Waals surface area contributed by atoms with Crippen LogP contribution in [0.2, 0.25) is 0 Å². The lowest BCUT2D eigenvalue weighted by atomic mass is 10.1.